The van der Waals surface area contributed by atoms with Gasteiger partial charge in [0.1, 0.15) is 6.61 Å². The number of methoxy groups -OCH3 is 1. The minimum atomic E-state index is -0.350. The number of carbonyl (C=O) groups excluding carboxylic acids is 2. The van der Waals surface area contributed by atoms with Gasteiger partial charge >= 0.3 is 0 Å². The lowest BCUT2D eigenvalue weighted by Gasteiger charge is -2.12. The SMILES string of the molecule is COc1cc(C=NNC(=O)CCC(=O)Nc2ccc(C)cc2)ccc1OCc1cccc2ccccc12. The Kier molecular flexibility index (Phi) is 8.49. The molecule has 0 saturated carbocycles. The van der Waals surface area contributed by atoms with Crippen LogP contribution in [0, 0.1) is 6.92 Å². The number of rotatable bonds is 10. The standard InChI is InChI=1S/C30H29N3O4/c1-21-10-13-25(14-11-21)32-29(34)16-17-30(35)33-31-19-22-12-15-27(28(18-22)36-2)37-20-24-8-5-7-23-6-3-4-9-26(23)24/h3-15,18-19H,16-17,20H2,1-2H3,(H,32,34)(H,33,35). The monoisotopic (exact) mass is 495 g/mol. The molecular weight excluding hydrogens is 466 g/mol. The number of ether oxygens (including phenoxy) is 2. The number of amides is 2. The van der Waals surface area contributed by atoms with Crippen LogP contribution in [0.4, 0.5) is 5.69 Å². The van der Waals surface area contributed by atoms with E-state index in [2.05, 4.69) is 34.0 Å². The summed E-state index contributed by atoms with van der Waals surface area (Å²) in [6.07, 6.45) is 1.60. The van der Waals surface area contributed by atoms with Crippen molar-refractivity contribution in [1.29, 1.82) is 0 Å². The third kappa shape index (κ3) is 7.18. The van der Waals surface area contributed by atoms with E-state index in [1.54, 1.807) is 13.2 Å². The summed E-state index contributed by atoms with van der Waals surface area (Å²) in [5.74, 6) is 0.587. The van der Waals surface area contributed by atoms with E-state index in [0.29, 0.717) is 23.8 Å². The second-order valence-electron chi connectivity index (χ2n) is 8.54. The Labute approximate surface area is 216 Å². The fourth-order valence-corrected chi connectivity index (χ4v) is 3.78. The minimum Gasteiger partial charge on any atom is -0.493 e. The lowest BCUT2D eigenvalue weighted by molar-refractivity contribution is -0.124. The molecule has 0 aliphatic rings. The topological polar surface area (TPSA) is 89.0 Å². The lowest BCUT2D eigenvalue weighted by atomic mass is 10.1. The Morgan fingerprint density at radius 2 is 1.62 bits per heavy atom. The number of carbonyl (C=O) groups is 2. The highest BCUT2D eigenvalue weighted by atomic mass is 16.5. The van der Waals surface area contributed by atoms with E-state index in [1.807, 2.05) is 67.6 Å². The predicted octanol–water partition coefficient (Wildman–Crippen LogP) is 5.60. The molecule has 0 aromatic heterocycles. The van der Waals surface area contributed by atoms with Gasteiger partial charge in [-0.05, 0) is 59.2 Å². The number of benzene rings is 4. The van der Waals surface area contributed by atoms with Crippen molar-refractivity contribution in [2.24, 2.45) is 5.10 Å². The molecule has 0 atom stereocenters. The molecule has 2 amide bonds. The Hall–Kier alpha value is -4.65. The Morgan fingerprint density at radius 3 is 2.43 bits per heavy atom. The summed E-state index contributed by atoms with van der Waals surface area (Å²) in [6.45, 7) is 2.38. The lowest BCUT2D eigenvalue weighted by Crippen LogP contribution is -2.20. The second-order valence-corrected chi connectivity index (χ2v) is 8.54. The predicted molar refractivity (Wildman–Crippen MR) is 146 cm³/mol. The summed E-state index contributed by atoms with van der Waals surface area (Å²) in [6, 6.07) is 27.2. The molecule has 0 aliphatic heterocycles. The highest BCUT2D eigenvalue weighted by Crippen LogP contribution is 2.29. The fraction of sp³-hybridized carbons (Fsp3) is 0.167. The highest BCUT2D eigenvalue weighted by Gasteiger charge is 2.09. The van der Waals surface area contributed by atoms with Gasteiger partial charge in [-0.25, -0.2) is 5.43 Å². The average molecular weight is 496 g/mol. The maximum atomic E-state index is 12.1. The molecule has 4 rings (SSSR count). The summed E-state index contributed by atoms with van der Waals surface area (Å²) in [4.78, 5) is 24.1. The van der Waals surface area contributed by atoms with Crippen molar-refractivity contribution in [3.8, 4) is 11.5 Å². The zero-order chi connectivity index (χ0) is 26.0. The average Bonchev–Trinajstić information content (AvgIpc) is 2.92. The van der Waals surface area contributed by atoms with E-state index in [9.17, 15) is 9.59 Å². The number of hydrazone groups is 1. The Bertz CT molecular complexity index is 1410. The van der Waals surface area contributed by atoms with Gasteiger partial charge in [-0.2, -0.15) is 5.10 Å². The van der Waals surface area contributed by atoms with E-state index in [1.165, 1.54) is 6.21 Å². The van der Waals surface area contributed by atoms with Crippen LogP contribution in [0.5, 0.6) is 11.5 Å². The van der Waals surface area contributed by atoms with Crippen molar-refractivity contribution < 1.29 is 19.1 Å². The summed E-state index contributed by atoms with van der Waals surface area (Å²) >= 11 is 0. The first-order valence-electron chi connectivity index (χ1n) is 12.0. The van der Waals surface area contributed by atoms with E-state index < -0.39 is 0 Å². The molecule has 0 bridgehead atoms. The summed E-state index contributed by atoms with van der Waals surface area (Å²) in [7, 11) is 1.57. The zero-order valence-corrected chi connectivity index (χ0v) is 20.9. The van der Waals surface area contributed by atoms with Crippen molar-refractivity contribution in [3.63, 3.8) is 0 Å². The first kappa shape index (κ1) is 25.4. The van der Waals surface area contributed by atoms with Gasteiger partial charge in [0.05, 0.1) is 13.3 Å². The Morgan fingerprint density at radius 1 is 0.865 bits per heavy atom. The normalized spacial score (nSPS) is 10.9. The number of nitrogens with zero attached hydrogens (tertiary/aromatic N) is 1. The molecule has 37 heavy (non-hydrogen) atoms. The van der Waals surface area contributed by atoms with Crippen molar-refractivity contribution in [2.45, 2.75) is 26.4 Å². The first-order valence-corrected chi connectivity index (χ1v) is 12.0. The smallest absolute Gasteiger partial charge is 0.240 e. The van der Waals surface area contributed by atoms with Crippen molar-refractivity contribution in [3.05, 3.63) is 102 Å². The van der Waals surface area contributed by atoms with E-state index in [4.69, 9.17) is 9.47 Å². The number of hydrogen-bond donors (Lipinski definition) is 2. The van der Waals surface area contributed by atoms with Gasteiger partial charge < -0.3 is 14.8 Å². The number of nitrogens with one attached hydrogen (secondary N) is 2. The first-order chi connectivity index (χ1) is 18.0. The fourth-order valence-electron chi connectivity index (χ4n) is 3.78. The molecule has 4 aromatic rings. The molecule has 0 unspecified atom stereocenters. The number of hydrogen-bond acceptors (Lipinski definition) is 5. The molecule has 188 valence electrons. The van der Waals surface area contributed by atoms with Gasteiger partial charge in [0.15, 0.2) is 11.5 Å². The van der Waals surface area contributed by atoms with Gasteiger partial charge in [-0.3, -0.25) is 9.59 Å². The maximum absolute atomic E-state index is 12.1. The molecular formula is C30H29N3O4. The largest absolute Gasteiger partial charge is 0.493 e. The van der Waals surface area contributed by atoms with Crippen LogP contribution in [-0.2, 0) is 16.2 Å². The van der Waals surface area contributed by atoms with Crippen LogP contribution in [0.25, 0.3) is 10.8 Å². The summed E-state index contributed by atoms with van der Waals surface area (Å²) in [5, 5.41) is 9.08. The van der Waals surface area contributed by atoms with Crippen LogP contribution in [-0.4, -0.2) is 25.1 Å². The molecule has 0 aliphatic carbocycles. The maximum Gasteiger partial charge on any atom is 0.240 e. The van der Waals surface area contributed by atoms with E-state index in [0.717, 1.165) is 27.5 Å². The van der Waals surface area contributed by atoms with Gasteiger partial charge in [-0.15, -0.1) is 0 Å². The second kappa shape index (κ2) is 12.4. The van der Waals surface area contributed by atoms with Crippen molar-refractivity contribution in [1.82, 2.24) is 5.43 Å². The molecule has 2 N–H and O–H groups in total. The van der Waals surface area contributed by atoms with Gasteiger partial charge in [0.25, 0.3) is 0 Å². The number of aryl methyl sites for hydroxylation is 1. The number of fused-ring (bicyclic) bond motifs is 1. The van der Waals surface area contributed by atoms with Crippen LogP contribution in [0.2, 0.25) is 0 Å². The van der Waals surface area contributed by atoms with Crippen molar-refractivity contribution in [2.75, 3.05) is 12.4 Å². The van der Waals surface area contributed by atoms with Crippen LogP contribution < -0.4 is 20.2 Å². The van der Waals surface area contributed by atoms with E-state index in [-0.39, 0.29) is 24.7 Å². The quantitative estimate of drug-likeness (QED) is 0.221. The molecule has 0 fully saturated rings. The highest BCUT2D eigenvalue weighted by molar-refractivity contribution is 5.93. The van der Waals surface area contributed by atoms with Crippen molar-refractivity contribution >= 4 is 34.5 Å². The molecule has 4 aromatic carbocycles. The zero-order valence-electron chi connectivity index (χ0n) is 20.9. The molecule has 7 heteroatoms. The Balaban J connectivity index is 1.27. The van der Waals surface area contributed by atoms with Gasteiger partial charge in [-0.1, -0.05) is 60.2 Å². The number of anilines is 1. The summed E-state index contributed by atoms with van der Waals surface area (Å²) < 4.78 is 11.5. The van der Waals surface area contributed by atoms with Gasteiger partial charge in [0.2, 0.25) is 11.8 Å². The molecule has 0 saturated heterocycles. The van der Waals surface area contributed by atoms with E-state index >= 15 is 0 Å². The molecule has 0 spiro atoms. The van der Waals surface area contributed by atoms with Crippen LogP contribution in [0.1, 0.15) is 29.5 Å². The summed E-state index contributed by atoms with van der Waals surface area (Å²) in [5.41, 5.74) is 6.07. The third-order valence-corrected chi connectivity index (χ3v) is 5.77. The minimum absolute atomic E-state index is 0.0271. The third-order valence-electron chi connectivity index (χ3n) is 5.77. The molecule has 7 nitrogen and oxygen atoms in total. The van der Waals surface area contributed by atoms with Crippen LogP contribution in [0.3, 0.4) is 0 Å². The van der Waals surface area contributed by atoms with Gasteiger partial charge in [0, 0.05) is 18.5 Å². The molecule has 0 heterocycles. The van der Waals surface area contributed by atoms with Crippen LogP contribution in [0.15, 0.2) is 90.0 Å². The molecule has 0 radical (unpaired) electrons. The van der Waals surface area contributed by atoms with Crippen LogP contribution >= 0.6 is 0 Å².